The maximum absolute atomic E-state index is 13.0. The van der Waals surface area contributed by atoms with Gasteiger partial charge in [0.15, 0.2) is 10.6 Å². The van der Waals surface area contributed by atoms with E-state index in [1.165, 1.54) is 0 Å². The van der Waals surface area contributed by atoms with Crippen molar-refractivity contribution in [2.45, 2.75) is 26.4 Å². The first-order valence-corrected chi connectivity index (χ1v) is 11.1. The summed E-state index contributed by atoms with van der Waals surface area (Å²) in [6.07, 6.45) is 0.811. The predicted octanol–water partition coefficient (Wildman–Crippen LogP) is 4.03. The van der Waals surface area contributed by atoms with Crippen molar-refractivity contribution in [1.82, 2.24) is 24.3 Å². The highest BCUT2D eigenvalue weighted by Crippen LogP contribution is 2.22. The van der Waals surface area contributed by atoms with Gasteiger partial charge in [0.05, 0.1) is 18.1 Å². The molecule has 9 nitrogen and oxygen atoms in total. The molecule has 172 valence electrons. The zero-order chi connectivity index (χ0) is 23.2. The molecule has 2 aromatic heterocycles. The molecule has 2 aromatic carbocycles. The van der Waals surface area contributed by atoms with Crippen LogP contribution in [0.15, 0.2) is 48.5 Å². The lowest BCUT2D eigenvalue weighted by Gasteiger charge is -2.11. The first kappa shape index (κ1) is 22.7. The topological polar surface area (TPSA) is 99.0 Å². The molecule has 1 amide bonds. The Bertz CT molecular complexity index is 1290. The molecule has 0 saturated heterocycles. The Morgan fingerprint density at radius 3 is 2.70 bits per heavy atom. The van der Waals surface area contributed by atoms with E-state index in [9.17, 15) is 4.79 Å². The molecule has 4 aromatic rings. The number of fused-ring (bicyclic) bond motifs is 1. The normalized spacial score (nSPS) is 11.1. The van der Waals surface area contributed by atoms with Crippen LogP contribution in [0.1, 0.15) is 13.3 Å². The van der Waals surface area contributed by atoms with E-state index in [1.54, 1.807) is 11.7 Å². The molecule has 0 bridgehead atoms. The fraction of sp³-hybridized carbons (Fsp3) is 0.304. The predicted molar refractivity (Wildman–Crippen MR) is 129 cm³/mol. The van der Waals surface area contributed by atoms with E-state index in [1.807, 2.05) is 60.0 Å². The summed E-state index contributed by atoms with van der Waals surface area (Å²) in [4.78, 5) is 17.6. The van der Waals surface area contributed by atoms with Crippen LogP contribution in [-0.2, 0) is 22.6 Å². The second-order valence-corrected chi connectivity index (χ2v) is 7.73. The van der Waals surface area contributed by atoms with Crippen LogP contribution in [0.2, 0.25) is 0 Å². The molecule has 0 spiro atoms. The molecule has 0 aliphatic heterocycles. The van der Waals surface area contributed by atoms with E-state index in [2.05, 4.69) is 20.5 Å². The summed E-state index contributed by atoms with van der Waals surface area (Å²) in [5.74, 6) is 1.56. The highest BCUT2D eigenvalue weighted by molar-refractivity contribution is 7.71. The summed E-state index contributed by atoms with van der Waals surface area (Å²) in [5, 5.41) is 10.0. The highest BCUT2D eigenvalue weighted by atomic mass is 32.1. The number of aromatic nitrogens is 5. The number of methoxy groups -OCH3 is 1. The fourth-order valence-corrected chi connectivity index (χ4v) is 3.80. The maximum atomic E-state index is 13.0. The van der Waals surface area contributed by atoms with Gasteiger partial charge in [-0.05, 0) is 62.0 Å². The number of imidazole rings is 1. The third-order valence-electron chi connectivity index (χ3n) is 5.19. The largest absolute Gasteiger partial charge is 0.497 e. The molecule has 0 atom stereocenters. The van der Waals surface area contributed by atoms with Gasteiger partial charge in [0.2, 0.25) is 11.9 Å². The molecular weight excluding hydrogens is 440 g/mol. The van der Waals surface area contributed by atoms with Gasteiger partial charge in [0.1, 0.15) is 12.3 Å². The minimum Gasteiger partial charge on any atom is -0.497 e. The van der Waals surface area contributed by atoms with Crippen molar-refractivity contribution in [3.05, 3.63) is 53.3 Å². The van der Waals surface area contributed by atoms with Crippen LogP contribution in [0.25, 0.3) is 22.4 Å². The van der Waals surface area contributed by atoms with Gasteiger partial charge in [-0.1, -0.05) is 12.1 Å². The summed E-state index contributed by atoms with van der Waals surface area (Å²) in [5.41, 5.74) is 2.60. The van der Waals surface area contributed by atoms with Crippen molar-refractivity contribution in [3.8, 4) is 17.1 Å². The second-order valence-electron chi connectivity index (χ2n) is 7.34. The Morgan fingerprint density at radius 2 is 1.94 bits per heavy atom. The molecule has 0 unspecified atom stereocenters. The second kappa shape index (κ2) is 10.4. The molecule has 33 heavy (non-hydrogen) atoms. The standard InChI is InChI=1S/C23H26N6O3S/c1-3-32-14-6-13-28-19-8-5-4-7-18(19)24-22(28)25-20(30)15-29-21(26-27-23(29)33)16-9-11-17(31-2)12-10-16/h4-5,7-12H,3,6,13-15H2,1-2H3,(H,27,33)(H,24,25,30). The molecule has 0 radical (unpaired) electrons. The average Bonchev–Trinajstić information content (AvgIpc) is 3.36. The van der Waals surface area contributed by atoms with Gasteiger partial charge in [0.25, 0.3) is 0 Å². The molecule has 2 N–H and O–H groups in total. The van der Waals surface area contributed by atoms with E-state index in [4.69, 9.17) is 21.7 Å². The molecule has 10 heteroatoms. The van der Waals surface area contributed by atoms with Crippen molar-refractivity contribution in [2.24, 2.45) is 0 Å². The molecular formula is C23H26N6O3S. The number of para-hydroxylation sites is 2. The van der Waals surface area contributed by atoms with E-state index in [-0.39, 0.29) is 12.5 Å². The Labute approximate surface area is 196 Å². The van der Waals surface area contributed by atoms with Crippen LogP contribution in [0, 0.1) is 4.77 Å². The summed E-state index contributed by atoms with van der Waals surface area (Å²) in [7, 11) is 1.61. The number of carbonyl (C=O) groups excluding carboxylic acids is 1. The number of ether oxygens (including phenoxy) is 2. The van der Waals surface area contributed by atoms with E-state index in [0.29, 0.717) is 36.3 Å². The molecule has 0 saturated carbocycles. The van der Waals surface area contributed by atoms with Gasteiger partial charge in [-0.2, -0.15) is 5.10 Å². The highest BCUT2D eigenvalue weighted by Gasteiger charge is 2.16. The Morgan fingerprint density at radius 1 is 1.15 bits per heavy atom. The lowest BCUT2D eigenvalue weighted by Crippen LogP contribution is -2.22. The van der Waals surface area contributed by atoms with E-state index < -0.39 is 0 Å². The number of aromatic amines is 1. The van der Waals surface area contributed by atoms with Crippen molar-refractivity contribution < 1.29 is 14.3 Å². The summed E-state index contributed by atoms with van der Waals surface area (Å²) in [6, 6.07) is 15.2. The first-order valence-electron chi connectivity index (χ1n) is 10.7. The quantitative estimate of drug-likeness (QED) is 0.270. The van der Waals surface area contributed by atoms with Gasteiger partial charge in [-0.15, -0.1) is 0 Å². The monoisotopic (exact) mass is 466 g/mol. The van der Waals surface area contributed by atoms with Crippen LogP contribution in [0.4, 0.5) is 5.95 Å². The average molecular weight is 467 g/mol. The number of amides is 1. The SMILES string of the molecule is CCOCCCn1c(NC(=O)Cn2c(-c3ccc(OC)cc3)n[nH]c2=S)nc2ccccc21. The Balaban J connectivity index is 1.55. The van der Waals surface area contributed by atoms with Gasteiger partial charge < -0.3 is 14.0 Å². The van der Waals surface area contributed by atoms with Crippen molar-refractivity contribution in [2.75, 3.05) is 25.6 Å². The fourth-order valence-electron chi connectivity index (χ4n) is 3.60. The van der Waals surface area contributed by atoms with Gasteiger partial charge in [-0.3, -0.25) is 19.8 Å². The van der Waals surface area contributed by atoms with Crippen LogP contribution >= 0.6 is 12.2 Å². The number of nitrogens with zero attached hydrogens (tertiary/aromatic N) is 4. The van der Waals surface area contributed by atoms with Gasteiger partial charge >= 0.3 is 0 Å². The molecule has 4 rings (SSSR count). The number of nitrogens with one attached hydrogen (secondary N) is 2. The van der Waals surface area contributed by atoms with Crippen molar-refractivity contribution >= 4 is 35.1 Å². The zero-order valence-electron chi connectivity index (χ0n) is 18.6. The maximum Gasteiger partial charge on any atom is 0.246 e. The van der Waals surface area contributed by atoms with Crippen LogP contribution in [-0.4, -0.2) is 50.5 Å². The Hall–Kier alpha value is -3.50. The summed E-state index contributed by atoms with van der Waals surface area (Å²) >= 11 is 5.37. The number of rotatable bonds is 10. The molecule has 0 aliphatic rings. The third-order valence-corrected chi connectivity index (χ3v) is 5.50. The minimum absolute atomic E-state index is 0.00114. The third kappa shape index (κ3) is 5.12. The number of aryl methyl sites for hydroxylation is 1. The number of anilines is 1. The van der Waals surface area contributed by atoms with Gasteiger partial charge in [0, 0.05) is 25.3 Å². The Kier molecular flexibility index (Phi) is 7.16. The lowest BCUT2D eigenvalue weighted by molar-refractivity contribution is -0.116. The van der Waals surface area contributed by atoms with E-state index in [0.717, 1.165) is 28.8 Å². The number of hydrogen-bond donors (Lipinski definition) is 2. The van der Waals surface area contributed by atoms with E-state index >= 15 is 0 Å². The van der Waals surface area contributed by atoms with Crippen LogP contribution in [0.3, 0.4) is 0 Å². The smallest absolute Gasteiger partial charge is 0.246 e. The summed E-state index contributed by atoms with van der Waals surface area (Å²) in [6.45, 7) is 3.97. The molecule has 0 fully saturated rings. The minimum atomic E-state index is -0.247. The van der Waals surface area contributed by atoms with Crippen LogP contribution in [0.5, 0.6) is 5.75 Å². The number of carbonyl (C=O) groups is 1. The molecule has 0 aliphatic carbocycles. The van der Waals surface area contributed by atoms with Gasteiger partial charge in [-0.25, -0.2) is 4.98 Å². The lowest BCUT2D eigenvalue weighted by atomic mass is 10.2. The number of H-pyrrole nitrogens is 1. The zero-order valence-corrected chi connectivity index (χ0v) is 19.4. The van der Waals surface area contributed by atoms with Crippen molar-refractivity contribution in [1.29, 1.82) is 0 Å². The number of benzene rings is 2. The van der Waals surface area contributed by atoms with Crippen molar-refractivity contribution in [3.63, 3.8) is 0 Å². The van der Waals surface area contributed by atoms with Crippen LogP contribution < -0.4 is 10.1 Å². The molecule has 2 heterocycles. The first-order chi connectivity index (χ1) is 16.1. The summed E-state index contributed by atoms with van der Waals surface area (Å²) < 4.78 is 14.7. The number of hydrogen-bond acceptors (Lipinski definition) is 6.